The van der Waals surface area contributed by atoms with Gasteiger partial charge in [0, 0.05) is 0 Å². The first kappa shape index (κ1) is 9.80. The predicted octanol–water partition coefficient (Wildman–Crippen LogP) is 1.05. The van der Waals surface area contributed by atoms with Crippen LogP contribution in [0.1, 0.15) is 20.3 Å². The average molecular weight is 183 g/mol. The molecule has 0 aromatic heterocycles. The molecule has 1 aliphatic rings. The fourth-order valence-electron chi connectivity index (χ4n) is 1.51. The average Bonchev–Trinajstić information content (AvgIpc) is 2.07. The van der Waals surface area contributed by atoms with E-state index in [2.05, 4.69) is 5.32 Å². The van der Waals surface area contributed by atoms with Crippen molar-refractivity contribution in [2.75, 3.05) is 6.54 Å². The fourth-order valence-corrected chi connectivity index (χ4v) is 1.51. The molecule has 0 saturated carbocycles. The van der Waals surface area contributed by atoms with Gasteiger partial charge in [-0.15, -0.1) is 0 Å². The Bertz CT molecular complexity index is 190. The van der Waals surface area contributed by atoms with E-state index in [1.54, 1.807) is 0 Å². The summed E-state index contributed by atoms with van der Waals surface area (Å²) in [6.07, 6.45) is -4.83. The van der Waals surface area contributed by atoms with Gasteiger partial charge in [-0.1, -0.05) is 0 Å². The Kier molecular flexibility index (Phi) is 1.92. The highest BCUT2D eigenvalue weighted by molar-refractivity contribution is 5.09. The minimum Gasteiger partial charge on any atom is -0.379 e. The van der Waals surface area contributed by atoms with Gasteiger partial charge in [-0.25, -0.2) is 0 Å². The van der Waals surface area contributed by atoms with Crippen molar-refractivity contribution in [1.29, 1.82) is 0 Å². The van der Waals surface area contributed by atoms with Gasteiger partial charge in [0.15, 0.2) is 5.60 Å². The summed E-state index contributed by atoms with van der Waals surface area (Å²) in [5, 5.41) is 12.0. The Balaban J connectivity index is 2.98. The normalized spacial score (nSPS) is 35.5. The first-order valence-electron chi connectivity index (χ1n) is 3.75. The second-order valence-corrected chi connectivity index (χ2v) is 3.66. The second kappa shape index (κ2) is 2.35. The Morgan fingerprint density at radius 1 is 1.33 bits per heavy atom. The quantitative estimate of drug-likeness (QED) is 0.588. The van der Waals surface area contributed by atoms with Crippen LogP contribution in [0.3, 0.4) is 0 Å². The third-order valence-corrected chi connectivity index (χ3v) is 2.56. The van der Waals surface area contributed by atoms with E-state index in [1.807, 2.05) is 0 Å². The van der Waals surface area contributed by atoms with E-state index in [4.69, 9.17) is 0 Å². The van der Waals surface area contributed by atoms with Crippen LogP contribution in [-0.2, 0) is 0 Å². The molecule has 2 nitrogen and oxygen atoms in total. The largest absolute Gasteiger partial charge is 0.419 e. The first-order chi connectivity index (χ1) is 5.21. The van der Waals surface area contributed by atoms with Crippen molar-refractivity contribution in [3.05, 3.63) is 0 Å². The van der Waals surface area contributed by atoms with Crippen LogP contribution in [0.2, 0.25) is 0 Å². The van der Waals surface area contributed by atoms with Crippen molar-refractivity contribution in [2.24, 2.45) is 0 Å². The lowest BCUT2D eigenvalue weighted by Crippen LogP contribution is -2.60. The lowest BCUT2D eigenvalue weighted by atomic mass is 9.83. The van der Waals surface area contributed by atoms with Gasteiger partial charge in [0.25, 0.3) is 0 Å². The number of hydrogen-bond donors (Lipinski definition) is 2. The van der Waals surface area contributed by atoms with Crippen molar-refractivity contribution >= 4 is 0 Å². The molecule has 0 aromatic carbocycles. The van der Waals surface area contributed by atoms with Crippen LogP contribution in [0.15, 0.2) is 0 Å². The zero-order chi connectivity index (χ0) is 9.62. The fraction of sp³-hybridized carbons (Fsp3) is 1.00. The van der Waals surface area contributed by atoms with Crippen molar-refractivity contribution in [3.8, 4) is 0 Å². The van der Waals surface area contributed by atoms with Crippen LogP contribution >= 0.6 is 0 Å². The topological polar surface area (TPSA) is 32.3 Å². The summed E-state index contributed by atoms with van der Waals surface area (Å²) < 4.78 is 37.1. The summed E-state index contributed by atoms with van der Waals surface area (Å²) in [6.45, 7) is 2.91. The summed E-state index contributed by atoms with van der Waals surface area (Å²) in [5.41, 5.74) is -3.87. The number of aliphatic hydroxyl groups is 1. The highest BCUT2D eigenvalue weighted by atomic mass is 19.4. The van der Waals surface area contributed by atoms with Crippen molar-refractivity contribution in [2.45, 2.75) is 37.6 Å². The van der Waals surface area contributed by atoms with Crippen LogP contribution in [0.5, 0.6) is 0 Å². The van der Waals surface area contributed by atoms with Crippen LogP contribution in [0.4, 0.5) is 13.2 Å². The summed E-state index contributed by atoms with van der Waals surface area (Å²) in [5.74, 6) is 0. The molecule has 1 rings (SSSR count). The third-order valence-electron chi connectivity index (χ3n) is 2.56. The van der Waals surface area contributed by atoms with Gasteiger partial charge in [-0.05, 0) is 26.8 Å². The van der Waals surface area contributed by atoms with Gasteiger partial charge < -0.3 is 10.4 Å². The molecule has 1 aliphatic heterocycles. The Labute approximate surface area is 68.8 Å². The number of hydrogen-bond acceptors (Lipinski definition) is 2. The minimum absolute atomic E-state index is 0.197. The Morgan fingerprint density at radius 2 is 1.83 bits per heavy atom. The second-order valence-electron chi connectivity index (χ2n) is 3.66. The highest BCUT2D eigenvalue weighted by Gasteiger charge is 2.64. The van der Waals surface area contributed by atoms with Gasteiger partial charge in [0.2, 0.25) is 0 Å². The molecule has 1 fully saturated rings. The lowest BCUT2D eigenvalue weighted by molar-refractivity contribution is -0.274. The van der Waals surface area contributed by atoms with Crippen LogP contribution in [0, 0.1) is 0 Å². The number of halogens is 3. The lowest BCUT2D eigenvalue weighted by Gasteiger charge is -2.37. The molecule has 0 radical (unpaired) electrons. The number of alkyl halides is 3. The molecular weight excluding hydrogens is 171 g/mol. The molecule has 0 aromatic rings. The molecule has 72 valence electrons. The monoisotopic (exact) mass is 183 g/mol. The van der Waals surface area contributed by atoms with E-state index in [0.717, 1.165) is 0 Å². The highest BCUT2D eigenvalue weighted by Crippen LogP contribution is 2.43. The summed E-state index contributed by atoms with van der Waals surface area (Å²) >= 11 is 0. The molecule has 0 amide bonds. The third kappa shape index (κ3) is 1.11. The van der Waals surface area contributed by atoms with Crippen molar-refractivity contribution < 1.29 is 18.3 Å². The number of nitrogens with one attached hydrogen (secondary N) is 1. The molecule has 0 spiro atoms. The maximum absolute atomic E-state index is 12.4. The van der Waals surface area contributed by atoms with E-state index in [1.165, 1.54) is 13.8 Å². The zero-order valence-corrected chi connectivity index (χ0v) is 7.00. The molecule has 2 N–H and O–H groups in total. The van der Waals surface area contributed by atoms with Gasteiger partial charge in [0.1, 0.15) is 0 Å². The molecule has 0 aliphatic carbocycles. The van der Waals surface area contributed by atoms with Crippen LogP contribution in [0.25, 0.3) is 0 Å². The molecule has 1 heterocycles. The summed E-state index contributed by atoms with van der Waals surface area (Å²) in [6, 6.07) is 0. The van der Waals surface area contributed by atoms with Gasteiger partial charge in [0.05, 0.1) is 5.54 Å². The van der Waals surface area contributed by atoms with E-state index >= 15 is 0 Å². The molecular formula is C7H12F3NO. The Hall–Kier alpha value is -0.290. The van der Waals surface area contributed by atoms with E-state index < -0.39 is 17.3 Å². The minimum atomic E-state index is -4.56. The first-order valence-corrected chi connectivity index (χ1v) is 3.75. The standard InChI is InChI=1S/C7H12F3NO/c1-5(2)6(12,3-4-11-5)7(8,9)10/h11-12H,3-4H2,1-2H3. The molecule has 5 heteroatoms. The van der Waals surface area contributed by atoms with Crippen LogP contribution in [-0.4, -0.2) is 29.0 Å². The maximum Gasteiger partial charge on any atom is 0.419 e. The summed E-state index contributed by atoms with van der Waals surface area (Å²) in [4.78, 5) is 0. The molecule has 1 saturated heterocycles. The zero-order valence-electron chi connectivity index (χ0n) is 7.00. The smallest absolute Gasteiger partial charge is 0.379 e. The molecule has 1 atom stereocenters. The van der Waals surface area contributed by atoms with Crippen molar-refractivity contribution in [3.63, 3.8) is 0 Å². The van der Waals surface area contributed by atoms with Crippen LogP contribution < -0.4 is 5.32 Å². The van der Waals surface area contributed by atoms with E-state index in [0.29, 0.717) is 0 Å². The van der Waals surface area contributed by atoms with Gasteiger partial charge in [-0.2, -0.15) is 13.2 Å². The van der Waals surface area contributed by atoms with E-state index in [9.17, 15) is 18.3 Å². The predicted molar refractivity (Wildman–Crippen MR) is 37.7 cm³/mol. The van der Waals surface area contributed by atoms with Gasteiger partial charge in [-0.3, -0.25) is 0 Å². The molecule has 0 bridgehead atoms. The van der Waals surface area contributed by atoms with E-state index in [-0.39, 0.29) is 13.0 Å². The van der Waals surface area contributed by atoms with Gasteiger partial charge >= 0.3 is 6.18 Å². The Morgan fingerprint density at radius 3 is 2.00 bits per heavy atom. The van der Waals surface area contributed by atoms with Crippen molar-refractivity contribution in [1.82, 2.24) is 5.32 Å². The number of rotatable bonds is 0. The SMILES string of the molecule is CC1(C)NCCC1(O)C(F)(F)F. The molecule has 12 heavy (non-hydrogen) atoms. The summed E-state index contributed by atoms with van der Waals surface area (Å²) in [7, 11) is 0. The maximum atomic E-state index is 12.4. The molecule has 1 unspecified atom stereocenters.